The number of rotatable bonds is 2. The van der Waals surface area contributed by atoms with E-state index in [2.05, 4.69) is 6.92 Å². The largest absolute Gasteiger partial charge is 0.334 e. The van der Waals surface area contributed by atoms with E-state index in [1.54, 1.807) is 0 Å². The Hall–Kier alpha value is -1.35. The van der Waals surface area contributed by atoms with Gasteiger partial charge in [-0.15, -0.1) is 0 Å². The van der Waals surface area contributed by atoms with Gasteiger partial charge in [0.15, 0.2) is 0 Å². The summed E-state index contributed by atoms with van der Waals surface area (Å²) in [6.07, 6.45) is 2.24. The van der Waals surface area contributed by atoms with Crippen molar-refractivity contribution < 1.29 is 4.79 Å². The van der Waals surface area contributed by atoms with Crippen LogP contribution in [0.5, 0.6) is 0 Å². The summed E-state index contributed by atoms with van der Waals surface area (Å²) in [6.45, 7) is 7.65. The molecule has 0 spiro atoms. The first kappa shape index (κ1) is 14.1. The molecule has 2 atom stereocenters. The highest BCUT2D eigenvalue weighted by Gasteiger charge is 2.31. The summed E-state index contributed by atoms with van der Waals surface area (Å²) in [6, 6.07) is 6.12. The lowest BCUT2D eigenvalue weighted by Crippen LogP contribution is -2.51. The summed E-state index contributed by atoms with van der Waals surface area (Å²) >= 11 is 0. The van der Waals surface area contributed by atoms with Gasteiger partial charge in [-0.1, -0.05) is 19.1 Å². The Morgan fingerprint density at radius 1 is 1.42 bits per heavy atom. The van der Waals surface area contributed by atoms with Crippen LogP contribution < -0.4 is 5.73 Å². The number of nitrogens with two attached hydrogens (primary N) is 1. The SMILES string of the molecule is Cc1cccc(C(=O)N2CCC[C@H](C)[C@@H]2CN)c1C. The van der Waals surface area contributed by atoms with Crippen LogP contribution in [0.2, 0.25) is 0 Å². The van der Waals surface area contributed by atoms with Crippen molar-refractivity contribution in [1.29, 1.82) is 0 Å². The van der Waals surface area contributed by atoms with Crippen molar-refractivity contribution >= 4 is 5.91 Å². The molecule has 0 aromatic heterocycles. The molecule has 3 heteroatoms. The summed E-state index contributed by atoms with van der Waals surface area (Å²) < 4.78 is 0. The molecular weight excluding hydrogens is 236 g/mol. The van der Waals surface area contributed by atoms with Gasteiger partial charge in [-0.2, -0.15) is 0 Å². The fraction of sp³-hybridized carbons (Fsp3) is 0.562. The third-order valence-electron chi connectivity index (χ3n) is 4.45. The van der Waals surface area contributed by atoms with Gasteiger partial charge >= 0.3 is 0 Å². The normalized spacial score (nSPS) is 23.5. The zero-order chi connectivity index (χ0) is 14.0. The van der Waals surface area contributed by atoms with Crippen LogP contribution in [-0.2, 0) is 0 Å². The zero-order valence-corrected chi connectivity index (χ0v) is 12.1. The third kappa shape index (κ3) is 2.66. The van der Waals surface area contributed by atoms with Crippen molar-refractivity contribution in [3.8, 4) is 0 Å². The Bertz CT molecular complexity index is 470. The minimum absolute atomic E-state index is 0.142. The van der Waals surface area contributed by atoms with E-state index in [1.807, 2.05) is 36.9 Å². The average Bonchev–Trinajstić information content (AvgIpc) is 2.41. The van der Waals surface area contributed by atoms with E-state index in [9.17, 15) is 4.79 Å². The maximum Gasteiger partial charge on any atom is 0.254 e. The molecule has 0 saturated carbocycles. The van der Waals surface area contributed by atoms with Gasteiger partial charge in [-0.05, 0) is 49.8 Å². The molecule has 1 heterocycles. The molecule has 1 saturated heterocycles. The molecule has 1 aliphatic rings. The molecule has 0 aliphatic carbocycles. The van der Waals surface area contributed by atoms with Crippen LogP contribution in [0.25, 0.3) is 0 Å². The first-order chi connectivity index (χ1) is 9.06. The van der Waals surface area contributed by atoms with Crippen LogP contribution in [-0.4, -0.2) is 29.9 Å². The van der Waals surface area contributed by atoms with E-state index >= 15 is 0 Å². The van der Waals surface area contributed by atoms with E-state index in [0.29, 0.717) is 12.5 Å². The second kappa shape index (κ2) is 5.74. The van der Waals surface area contributed by atoms with Crippen molar-refractivity contribution in [3.63, 3.8) is 0 Å². The van der Waals surface area contributed by atoms with Gasteiger partial charge in [0.05, 0.1) is 0 Å². The summed E-state index contributed by atoms with van der Waals surface area (Å²) in [5.74, 6) is 0.635. The number of hydrogen-bond acceptors (Lipinski definition) is 2. The van der Waals surface area contributed by atoms with Gasteiger partial charge in [-0.3, -0.25) is 4.79 Å². The van der Waals surface area contributed by atoms with Crippen LogP contribution in [0.1, 0.15) is 41.3 Å². The molecule has 19 heavy (non-hydrogen) atoms. The Labute approximate surface area is 115 Å². The van der Waals surface area contributed by atoms with Gasteiger partial charge in [-0.25, -0.2) is 0 Å². The predicted octanol–water partition coefficient (Wildman–Crippen LogP) is 2.50. The molecule has 2 rings (SSSR count). The van der Waals surface area contributed by atoms with E-state index in [0.717, 1.165) is 24.1 Å². The maximum absolute atomic E-state index is 12.8. The minimum Gasteiger partial charge on any atom is -0.334 e. The smallest absolute Gasteiger partial charge is 0.254 e. The quantitative estimate of drug-likeness (QED) is 0.888. The van der Waals surface area contributed by atoms with Crippen molar-refractivity contribution in [2.75, 3.05) is 13.1 Å². The second-order valence-corrected chi connectivity index (χ2v) is 5.67. The van der Waals surface area contributed by atoms with Crippen molar-refractivity contribution in [1.82, 2.24) is 4.90 Å². The van der Waals surface area contributed by atoms with Crippen LogP contribution in [0.3, 0.4) is 0 Å². The van der Waals surface area contributed by atoms with Crippen LogP contribution in [0.15, 0.2) is 18.2 Å². The van der Waals surface area contributed by atoms with Gasteiger partial charge in [0.25, 0.3) is 5.91 Å². The second-order valence-electron chi connectivity index (χ2n) is 5.67. The monoisotopic (exact) mass is 260 g/mol. The topological polar surface area (TPSA) is 46.3 Å². The van der Waals surface area contributed by atoms with Crippen molar-refractivity contribution in [3.05, 3.63) is 34.9 Å². The number of amides is 1. The molecule has 104 valence electrons. The Morgan fingerprint density at radius 2 is 2.16 bits per heavy atom. The predicted molar refractivity (Wildman–Crippen MR) is 78.2 cm³/mol. The summed E-state index contributed by atoms with van der Waals surface area (Å²) in [5, 5.41) is 0. The van der Waals surface area contributed by atoms with Crippen LogP contribution in [0.4, 0.5) is 0 Å². The van der Waals surface area contributed by atoms with E-state index in [1.165, 1.54) is 12.0 Å². The summed E-state index contributed by atoms with van der Waals surface area (Å²) in [7, 11) is 0. The first-order valence-corrected chi connectivity index (χ1v) is 7.13. The maximum atomic E-state index is 12.8. The standard InChI is InChI=1S/C16H24N2O/c1-11-6-4-8-14(13(11)3)16(19)18-9-5-7-12(2)15(18)10-17/h4,6,8,12,15H,5,7,9-10,17H2,1-3H3/t12-,15-/m0/s1. The van der Waals surface area contributed by atoms with E-state index in [-0.39, 0.29) is 11.9 Å². The Kier molecular flexibility index (Phi) is 4.25. The minimum atomic E-state index is 0.142. The van der Waals surface area contributed by atoms with Gasteiger partial charge in [0.2, 0.25) is 0 Å². The molecule has 1 aromatic carbocycles. The number of hydrogen-bond donors (Lipinski definition) is 1. The van der Waals surface area contributed by atoms with Gasteiger partial charge < -0.3 is 10.6 Å². The Morgan fingerprint density at radius 3 is 2.84 bits per heavy atom. The highest BCUT2D eigenvalue weighted by atomic mass is 16.2. The van der Waals surface area contributed by atoms with E-state index < -0.39 is 0 Å². The highest BCUT2D eigenvalue weighted by Crippen LogP contribution is 2.25. The number of carbonyl (C=O) groups is 1. The first-order valence-electron chi connectivity index (χ1n) is 7.13. The summed E-state index contributed by atoms with van der Waals surface area (Å²) in [4.78, 5) is 14.7. The number of aryl methyl sites for hydroxylation is 1. The molecule has 1 amide bonds. The van der Waals surface area contributed by atoms with Crippen LogP contribution in [0, 0.1) is 19.8 Å². The lowest BCUT2D eigenvalue weighted by Gasteiger charge is -2.39. The number of nitrogens with zero attached hydrogens (tertiary/aromatic N) is 1. The Balaban J connectivity index is 2.29. The van der Waals surface area contributed by atoms with Crippen LogP contribution >= 0.6 is 0 Å². The fourth-order valence-electron chi connectivity index (χ4n) is 3.00. The molecular formula is C16H24N2O. The molecule has 1 aromatic rings. The molecule has 2 N–H and O–H groups in total. The molecule has 0 unspecified atom stereocenters. The lowest BCUT2D eigenvalue weighted by atomic mass is 9.89. The molecule has 0 radical (unpaired) electrons. The zero-order valence-electron chi connectivity index (χ0n) is 12.1. The number of carbonyl (C=O) groups excluding carboxylic acids is 1. The molecule has 0 bridgehead atoms. The fourth-order valence-corrected chi connectivity index (χ4v) is 3.00. The summed E-state index contributed by atoms with van der Waals surface area (Å²) in [5.41, 5.74) is 8.95. The molecule has 1 fully saturated rings. The molecule has 1 aliphatic heterocycles. The lowest BCUT2D eigenvalue weighted by molar-refractivity contribution is 0.0531. The van der Waals surface area contributed by atoms with Crippen molar-refractivity contribution in [2.24, 2.45) is 11.7 Å². The average molecular weight is 260 g/mol. The third-order valence-corrected chi connectivity index (χ3v) is 4.45. The molecule has 3 nitrogen and oxygen atoms in total. The highest BCUT2D eigenvalue weighted by molar-refractivity contribution is 5.96. The van der Waals surface area contributed by atoms with E-state index in [4.69, 9.17) is 5.73 Å². The van der Waals surface area contributed by atoms with Gasteiger partial charge in [0.1, 0.15) is 0 Å². The number of likely N-dealkylation sites (tertiary alicyclic amines) is 1. The van der Waals surface area contributed by atoms with Gasteiger partial charge in [0, 0.05) is 24.7 Å². The number of piperidine rings is 1. The van der Waals surface area contributed by atoms with Crippen molar-refractivity contribution in [2.45, 2.75) is 39.7 Å². The number of benzene rings is 1.